The minimum Gasteiger partial charge on any atom is -0.338 e. The summed E-state index contributed by atoms with van der Waals surface area (Å²) in [6, 6.07) is 14.8. The quantitative estimate of drug-likeness (QED) is 0.545. The van der Waals surface area contributed by atoms with Gasteiger partial charge in [0.05, 0.1) is 4.92 Å². The lowest BCUT2D eigenvalue weighted by Gasteiger charge is -2.14. The molecule has 7 heteroatoms. The summed E-state index contributed by atoms with van der Waals surface area (Å²) in [6.45, 7) is 0. The molecular formula is C19H12ClN2O4. The minimum atomic E-state index is -0.988. The standard InChI is InChI=1S/C19H12ClN2O4/c20-17-3-1-2-12-4-5-14(10-16(12)17)18(11-23)21-19(24)13-6-8-15(9-7-13)22(25)26/h1-10,18H,(H,21,24). The van der Waals surface area contributed by atoms with E-state index in [-0.39, 0.29) is 11.3 Å². The summed E-state index contributed by atoms with van der Waals surface area (Å²) in [5, 5.41) is 15.4. The number of hydrogen-bond acceptors (Lipinski definition) is 4. The highest BCUT2D eigenvalue weighted by Gasteiger charge is 2.17. The van der Waals surface area contributed by atoms with E-state index in [1.807, 2.05) is 12.1 Å². The Labute approximate surface area is 153 Å². The van der Waals surface area contributed by atoms with E-state index >= 15 is 0 Å². The second-order valence-electron chi connectivity index (χ2n) is 5.55. The first-order chi connectivity index (χ1) is 12.5. The average Bonchev–Trinajstić information content (AvgIpc) is 2.66. The zero-order valence-electron chi connectivity index (χ0n) is 13.3. The number of benzene rings is 3. The molecule has 0 saturated carbocycles. The van der Waals surface area contributed by atoms with Gasteiger partial charge in [0.2, 0.25) is 6.29 Å². The molecule has 3 aromatic carbocycles. The van der Waals surface area contributed by atoms with Crippen molar-refractivity contribution < 1.29 is 14.5 Å². The third-order valence-corrected chi connectivity index (χ3v) is 4.25. The number of amides is 1. The fourth-order valence-corrected chi connectivity index (χ4v) is 2.80. The van der Waals surface area contributed by atoms with Crippen LogP contribution in [0.25, 0.3) is 10.8 Å². The number of carbonyl (C=O) groups excluding carboxylic acids is 2. The van der Waals surface area contributed by atoms with Crippen molar-refractivity contribution in [1.82, 2.24) is 5.32 Å². The van der Waals surface area contributed by atoms with Crippen LogP contribution >= 0.6 is 11.6 Å². The highest BCUT2D eigenvalue weighted by molar-refractivity contribution is 6.35. The van der Waals surface area contributed by atoms with E-state index in [2.05, 4.69) is 5.32 Å². The van der Waals surface area contributed by atoms with Crippen molar-refractivity contribution in [3.8, 4) is 0 Å². The van der Waals surface area contributed by atoms with Crippen LogP contribution in [-0.4, -0.2) is 17.1 Å². The third kappa shape index (κ3) is 3.55. The number of halogens is 1. The normalized spacial score (nSPS) is 11.7. The van der Waals surface area contributed by atoms with Crippen molar-refractivity contribution in [3.63, 3.8) is 0 Å². The Balaban J connectivity index is 1.85. The summed E-state index contributed by atoms with van der Waals surface area (Å²) in [5.74, 6) is -0.535. The van der Waals surface area contributed by atoms with Gasteiger partial charge in [0, 0.05) is 28.1 Å². The number of hydrogen-bond donors (Lipinski definition) is 1. The molecule has 0 bridgehead atoms. The Hall–Kier alpha value is -3.25. The van der Waals surface area contributed by atoms with Crippen molar-refractivity contribution in [2.24, 2.45) is 0 Å². The lowest BCUT2D eigenvalue weighted by molar-refractivity contribution is -0.384. The Kier molecular flexibility index (Phi) is 4.95. The highest BCUT2D eigenvalue weighted by atomic mass is 35.5. The number of nitro groups is 1. The fourth-order valence-electron chi connectivity index (χ4n) is 2.56. The van der Waals surface area contributed by atoms with Crippen LogP contribution in [0.15, 0.2) is 60.7 Å². The van der Waals surface area contributed by atoms with Gasteiger partial charge in [-0.1, -0.05) is 35.9 Å². The summed E-state index contributed by atoms with van der Waals surface area (Å²) in [7, 11) is 0. The van der Waals surface area contributed by atoms with Crippen molar-refractivity contribution in [2.45, 2.75) is 6.04 Å². The molecule has 26 heavy (non-hydrogen) atoms. The monoisotopic (exact) mass is 367 g/mol. The molecule has 0 aliphatic heterocycles. The van der Waals surface area contributed by atoms with Gasteiger partial charge < -0.3 is 5.32 Å². The molecule has 1 amide bonds. The van der Waals surface area contributed by atoms with Gasteiger partial charge in [-0.15, -0.1) is 0 Å². The Bertz CT molecular complexity index is 1000. The second kappa shape index (κ2) is 7.33. The number of nitrogens with one attached hydrogen (secondary N) is 1. The summed E-state index contributed by atoms with van der Waals surface area (Å²) in [6.07, 6.45) is 1.80. The maximum Gasteiger partial charge on any atom is 0.269 e. The van der Waals surface area contributed by atoms with Crippen molar-refractivity contribution >= 4 is 40.3 Å². The van der Waals surface area contributed by atoms with Crippen LogP contribution in [0.2, 0.25) is 5.02 Å². The van der Waals surface area contributed by atoms with E-state index in [4.69, 9.17) is 11.6 Å². The zero-order chi connectivity index (χ0) is 18.7. The first-order valence-electron chi connectivity index (χ1n) is 7.61. The lowest BCUT2D eigenvalue weighted by atomic mass is 10.0. The van der Waals surface area contributed by atoms with E-state index in [1.54, 1.807) is 30.6 Å². The molecule has 0 saturated heterocycles. The Morgan fingerprint density at radius 3 is 2.50 bits per heavy atom. The molecule has 0 heterocycles. The average molecular weight is 368 g/mol. The molecular weight excluding hydrogens is 356 g/mol. The topological polar surface area (TPSA) is 89.3 Å². The predicted molar refractivity (Wildman–Crippen MR) is 98.0 cm³/mol. The van der Waals surface area contributed by atoms with Crippen molar-refractivity contribution in [2.75, 3.05) is 0 Å². The van der Waals surface area contributed by atoms with Crippen LogP contribution in [0, 0.1) is 10.1 Å². The van der Waals surface area contributed by atoms with E-state index in [0.717, 1.165) is 10.8 Å². The number of nitrogens with zero attached hydrogens (tertiary/aromatic N) is 1. The van der Waals surface area contributed by atoms with Crippen LogP contribution in [-0.2, 0) is 4.79 Å². The maximum atomic E-state index is 12.3. The van der Waals surface area contributed by atoms with E-state index in [1.165, 1.54) is 24.3 Å². The maximum absolute atomic E-state index is 12.3. The van der Waals surface area contributed by atoms with Gasteiger partial charge in [-0.25, -0.2) is 0 Å². The molecule has 0 aliphatic rings. The van der Waals surface area contributed by atoms with Gasteiger partial charge in [-0.2, -0.15) is 0 Å². The molecule has 129 valence electrons. The first kappa shape index (κ1) is 17.6. The van der Waals surface area contributed by atoms with Crippen LogP contribution in [0.1, 0.15) is 22.0 Å². The molecule has 1 unspecified atom stereocenters. The number of rotatable bonds is 5. The molecule has 1 radical (unpaired) electrons. The SMILES string of the molecule is O=[C]C(NC(=O)c1ccc([N+](=O)[O-])cc1)c1ccc2cccc(Cl)c2c1. The van der Waals surface area contributed by atoms with Crippen LogP contribution in [0.5, 0.6) is 0 Å². The van der Waals surface area contributed by atoms with Crippen LogP contribution < -0.4 is 5.32 Å². The second-order valence-corrected chi connectivity index (χ2v) is 5.96. The fraction of sp³-hybridized carbons (Fsp3) is 0.0526. The van der Waals surface area contributed by atoms with Crippen LogP contribution in [0.4, 0.5) is 5.69 Å². The molecule has 6 nitrogen and oxygen atoms in total. The first-order valence-corrected chi connectivity index (χ1v) is 7.98. The van der Waals surface area contributed by atoms with Crippen LogP contribution in [0.3, 0.4) is 0 Å². The molecule has 0 aliphatic carbocycles. The van der Waals surface area contributed by atoms with Gasteiger partial charge in [0.1, 0.15) is 6.04 Å². The molecule has 3 aromatic rings. The number of carbonyl (C=O) groups is 1. The smallest absolute Gasteiger partial charge is 0.269 e. The minimum absolute atomic E-state index is 0.121. The Morgan fingerprint density at radius 2 is 1.85 bits per heavy atom. The van der Waals surface area contributed by atoms with E-state index < -0.39 is 16.9 Å². The molecule has 0 aromatic heterocycles. The van der Waals surface area contributed by atoms with Crippen molar-refractivity contribution in [1.29, 1.82) is 0 Å². The van der Waals surface area contributed by atoms with Gasteiger partial charge in [-0.05, 0) is 35.2 Å². The lowest BCUT2D eigenvalue weighted by Crippen LogP contribution is -2.29. The van der Waals surface area contributed by atoms with Gasteiger partial charge in [-0.3, -0.25) is 19.7 Å². The van der Waals surface area contributed by atoms with Gasteiger partial charge in [0.25, 0.3) is 11.6 Å². The number of fused-ring (bicyclic) bond motifs is 1. The van der Waals surface area contributed by atoms with Gasteiger partial charge >= 0.3 is 0 Å². The summed E-state index contributed by atoms with van der Waals surface area (Å²) in [5.41, 5.74) is 0.620. The molecule has 1 N–H and O–H groups in total. The number of nitro benzene ring substituents is 1. The largest absolute Gasteiger partial charge is 0.338 e. The number of non-ortho nitro benzene ring substituents is 1. The molecule has 1 atom stereocenters. The van der Waals surface area contributed by atoms with E-state index in [0.29, 0.717) is 10.6 Å². The Morgan fingerprint density at radius 1 is 1.12 bits per heavy atom. The predicted octanol–water partition coefficient (Wildman–Crippen LogP) is 3.98. The van der Waals surface area contributed by atoms with E-state index in [9.17, 15) is 19.7 Å². The third-order valence-electron chi connectivity index (χ3n) is 3.92. The summed E-state index contributed by atoms with van der Waals surface area (Å²) >= 11 is 6.18. The zero-order valence-corrected chi connectivity index (χ0v) is 14.1. The summed E-state index contributed by atoms with van der Waals surface area (Å²) in [4.78, 5) is 33.8. The molecule has 0 fully saturated rings. The highest BCUT2D eigenvalue weighted by Crippen LogP contribution is 2.26. The van der Waals surface area contributed by atoms with Gasteiger partial charge in [0.15, 0.2) is 0 Å². The van der Waals surface area contributed by atoms with Crippen molar-refractivity contribution in [3.05, 3.63) is 86.9 Å². The summed E-state index contributed by atoms with van der Waals surface area (Å²) < 4.78 is 0. The molecule has 3 rings (SSSR count). The molecule has 0 spiro atoms.